The quantitative estimate of drug-likeness (QED) is 0.457. The number of amides is 2. The van der Waals surface area contributed by atoms with E-state index in [-0.39, 0.29) is 25.4 Å². The van der Waals surface area contributed by atoms with Gasteiger partial charge in [-0.1, -0.05) is 67.1 Å². The van der Waals surface area contributed by atoms with Crippen molar-refractivity contribution in [1.82, 2.24) is 4.90 Å². The van der Waals surface area contributed by atoms with E-state index in [9.17, 15) is 14.4 Å². The molecule has 1 N–H and O–H groups in total. The Hall–Kier alpha value is -3.71. The van der Waals surface area contributed by atoms with Crippen molar-refractivity contribution in [2.45, 2.75) is 50.7 Å². The predicted molar refractivity (Wildman–Crippen MR) is 138 cm³/mol. The third-order valence-corrected chi connectivity index (χ3v) is 6.66. The first-order chi connectivity index (χ1) is 18.1. The van der Waals surface area contributed by atoms with E-state index in [4.69, 9.17) is 14.6 Å². The summed E-state index contributed by atoms with van der Waals surface area (Å²) in [5, 5.41) is 8.96. The number of hydrogen-bond acceptors (Lipinski definition) is 6. The average molecular weight is 504 g/mol. The van der Waals surface area contributed by atoms with E-state index in [1.807, 2.05) is 66.7 Å². The van der Waals surface area contributed by atoms with E-state index in [1.165, 1.54) is 11.0 Å². The van der Waals surface area contributed by atoms with Gasteiger partial charge in [-0.3, -0.25) is 9.59 Å². The smallest absolute Gasteiger partial charge is 0.416 e. The number of hydrogen-bond donors (Lipinski definition) is 1. The highest BCUT2D eigenvalue weighted by Crippen LogP contribution is 2.28. The van der Waals surface area contributed by atoms with Crippen LogP contribution in [0.15, 0.2) is 84.7 Å². The van der Waals surface area contributed by atoms with Gasteiger partial charge in [0.1, 0.15) is 12.4 Å². The van der Waals surface area contributed by atoms with Crippen LogP contribution in [-0.4, -0.2) is 53.1 Å². The minimum atomic E-state index is -1.05. The molecule has 1 fully saturated rings. The molecule has 4 rings (SSSR count). The fourth-order valence-corrected chi connectivity index (χ4v) is 4.71. The summed E-state index contributed by atoms with van der Waals surface area (Å²) < 4.78 is 11.4. The highest BCUT2D eigenvalue weighted by Gasteiger charge is 2.45. The van der Waals surface area contributed by atoms with E-state index < -0.39 is 30.1 Å². The summed E-state index contributed by atoms with van der Waals surface area (Å²) in [5.74, 6) is -1.15. The highest BCUT2D eigenvalue weighted by molar-refractivity contribution is 6.02. The molecule has 194 valence electrons. The zero-order chi connectivity index (χ0) is 26.0. The zero-order valence-electron chi connectivity index (χ0n) is 20.8. The molecule has 3 atom stereocenters. The Balaban J connectivity index is 1.57. The van der Waals surface area contributed by atoms with Gasteiger partial charge in [-0.2, -0.15) is 0 Å². The third-order valence-electron chi connectivity index (χ3n) is 6.66. The Labute approximate surface area is 217 Å². The molecule has 2 aliphatic rings. The van der Waals surface area contributed by atoms with Crippen molar-refractivity contribution in [2.24, 2.45) is 5.92 Å². The fraction of sp³-hybridized carbons (Fsp3) is 0.367. The maximum Gasteiger partial charge on any atom is 0.416 e. The lowest BCUT2D eigenvalue weighted by molar-refractivity contribution is -0.143. The van der Waals surface area contributed by atoms with Gasteiger partial charge in [-0.15, -0.1) is 0 Å². The number of imide groups is 1. The van der Waals surface area contributed by atoms with Gasteiger partial charge >= 0.3 is 6.09 Å². The van der Waals surface area contributed by atoms with Crippen LogP contribution in [0.3, 0.4) is 0 Å². The second-order valence-corrected chi connectivity index (χ2v) is 9.38. The van der Waals surface area contributed by atoms with Crippen LogP contribution in [0.4, 0.5) is 4.79 Å². The summed E-state index contributed by atoms with van der Waals surface area (Å²) >= 11 is 0. The van der Waals surface area contributed by atoms with Crippen molar-refractivity contribution >= 4 is 17.8 Å². The molecule has 7 heteroatoms. The van der Waals surface area contributed by atoms with E-state index in [2.05, 4.69) is 0 Å². The van der Waals surface area contributed by atoms with Crippen LogP contribution >= 0.6 is 0 Å². The number of benzene rings is 2. The molecule has 0 aromatic heterocycles. The van der Waals surface area contributed by atoms with Crippen molar-refractivity contribution < 1.29 is 29.0 Å². The van der Waals surface area contributed by atoms with Crippen LogP contribution in [-0.2, 0) is 31.9 Å². The lowest BCUT2D eigenvalue weighted by Crippen LogP contribution is -2.49. The second-order valence-electron chi connectivity index (χ2n) is 9.38. The second kappa shape index (κ2) is 13.0. The lowest BCUT2D eigenvalue weighted by atomic mass is 9.88. The number of ketones is 1. The average Bonchev–Trinajstić information content (AvgIpc) is 3.28. The zero-order valence-corrected chi connectivity index (χ0v) is 20.8. The minimum absolute atomic E-state index is 0.107. The van der Waals surface area contributed by atoms with E-state index in [0.717, 1.165) is 36.8 Å². The Morgan fingerprint density at radius 3 is 2.38 bits per heavy atom. The molecule has 0 radical (unpaired) electrons. The number of carbonyl (C=O) groups is 3. The Bertz CT molecular complexity index is 1130. The van der Waals surface area contributed by atoms with Crippen LogP contribution in [0.1, 0.15) is 36.8 Å². The van der Waals surface area contributed by atoms with Gasteiger partial charge in [0.2, 0.25) is 5.91 Å². The molecule has 2 heterocycles. The summed E-state index contributed by atoms with van der Waals surface area (Å²) in [6.45, 7) is 0.271. The maximum atomic E-state index is 14.0. The van der Waals surface area contributed by atoms with Crippen LogP contribution in [0.2, 0.25) is 0 Å². The first kappa shape index (κ1) is 26.4. The van der Waals surface area contributed by atoms with E-state index in [1.54, 1.807) is 6.08 Å². The van der Waals surface area contributed by atoms with Crippen molar-refractivity contribution in [3.05, 3.63) is 95.8 Å². The van der Waals surface area contributed by atoms with E-state index in [0.29, 0.717) is 12.2 Å². The summed E-state index contributed by atoms with van der Waals surface area (Å²) in [6.07, 6.45) is 7.19. The van der Waals surface area contributed by atoms with Crippen molar-refractivity contribution in [3.63, 3.8) is 0 Å². The van der Waals surface area contributed by atoms with Crippen molar-refractivity contribution in [1.29, 1.82) is 0 Å². The Morgan fingerprint density at radius 1 is 0.973 bits per heavy atom. The topological polar surface area (TPSA) is 93.1 Å². The molecule has 0 aliphatic carbocycles. The molecule has 37 heavy (non-hydrogen) atoms. The summed E-state index contributed by atoms with van der Waals surface area (Å²) in [5.41, 5.74) is 1.86. The molecule has 2 aliphatic heterocycles. The first-order valence-corrected chi connectivity index (χ1v) is 12.8. The van der Waals surface area contributed by atoms with Gasteiger partial charge in [0, 0.05) is 6.61 Å². The monoisotopic (exact) mass is 503 g/mol. The number of rotatable bonds is 11. The normalized spacial score (nSPS) is 21.1. The molecule has 0 spiro atoms. The fourth-order valence-electron chi connectivity index (χ4n) is 4.71. The van der Waals surface area contributed by atoms with Crippen molar-refractivity contribution in [2.75, 3.05) is 13.2 Å². The van der Waals surface area contributed by atoms with Gasteiger partial charge < -0.3 is 14.6 Å². The molecular weight excluding hydrogens is 470 g/mol. The number of ether oxygens (including phenoxy) is 2. The molecule has 2 amide bonds. The molecule has 0 saturated carbocycles. The number of cyclic esters (lactones) is 1. The molecule has 0 unspecified atom stereocenters. The largest absolute Gasteiger partial charge is 0.482 e. The first-order valence-electron chi connectivity index (χ1n) is 12.8. The Kier molecular flexibility index (Phi) is 9.27. The van der Waals surface area contributed by atoms with Crippen LogP contribution < -0.4 is 0 Å². The number of aliphatic hydroxyl groups excluding tert-OH is 1. The van der Waals surface area contributed by atoms with Crippen molar-refractivity contribution in [3.8, 4) is 0 Å². The number of nitrogens with zero attached hydrogens (tertiary/aromatic N) is 1. The number of carbonyl (C=O) groups excluding carboxylic acids is 3. The maximum absolute atomic E-state index is 14.0. The van der Waals surface area contributed by atoms with Crippen LogP contribution in [0.25, 0.3) is 0 Å². The molecule has 2 aromatic rings. The molecule has 2 aromatic carbocycles. The highest BCUT2D eigenvalue weighted by atomic mass is 16.6. The Morgan fingerprint density at radius 2 is 1.68 bits per heavy atom. The third kappa shape index (κ3) is 6.95. The van der Waals surface area contributed by atoms with Crippen LogP contribution in [0.5, 0.6) is 0 Å². The van der Waals surface area contributed by atoms with Gasteiger partial charge in [-0.05, 0) is 61.5 Å². The van der Waals surface area contributed by atoms with Gasteiger partial charge in [0.15, 0.2) is 11.9 Å². The van der Waals surface area contributed by atoms with Gasteiger partial charge in [-0.25, -0.2) is 9.69 Å². The predicted octanol–water partition coefficient (Wildman–Crippen LogP) is 4.40. The summed E-state index contributed by atoms with van der Waals surface area (Å²) in [7, 11) is 0. The van der Waals surface area contributed by atoms with Crippen LogP contribution in [0, 0.1) is 5.92 Å². The lowest BCUT2D eigenvalue weighted by Gasteiger charge is -2.31. The van der Waals surface area contributed by atoms with Gasteiger partial charge in [0.05, 0.1) is 12.0 Å². The number of allylic oxidation sites excluding steroid dienone is 2. The standard InChI is InChI=1S/C30H33NO6/c32-18-10-2-1-9-15-25-16-17-27(33)28(37-25)26(20-23-13-7-4-8-14-23)29(34)31-24(21-36-30(31)35)19-22-11-5-3-6-12-22/h3-8,11-17,24,26,28,32H,1-2,9-10,18-21H2/t24-,26-,28-/m0/s1. The molecular formula is C30H33NO6. The van der Waals surface area contributed by atoms with Gasteiger partial charge in [0.25, 0.3) is 0 Å². The minimum Gasteiger partial charge on any atom is -0.482 e. The number of unbranched alkanes of at least 4 members (excludes halogenated alkanes) is 3. The summed E-state index contributed by atoms with van der Waals surface area (Å²) in [6, 6.07) is 18.6. The van der Waals surface area contributed by atoms with E-state index >= 15 is 0 Å². The molecule has 0 bridgehead atoms. The summed E-state index contributed by atoms with van der Waals surface area (Å²) in [4.78, 5) is 40.9. The molecule has 7 nitrogen and oxygen atoms in total. The SMILES string of the molecule is O=C1C=CC(=CCCCCCO)O[C@H]1[C@H](Cc1ccccc1)C(=O)N1C(=O)OC[C@@H]1Cc1ccccc1. The molecule has 1 saturated heterocycles. The number of aliphatic hydroxyl groups is 1.